The number of ether oxygens (including phenoxy) is 1. The zero-order chi connectivity index (χ0) is 27.0. The van der Waals surface area contributed by atoms with Gasteiger partial charge in [0.2, 0.25) is 0 Å². The first-order valence-electron chi connectivity index (χ1n) is 14.0. The van der Waals surface area contributed by atoms with E-state index in [2.05, 4.69) is 65.6 Å². The summed E-state index contributed by atoms with van der Waals surface area (Å²) >= 11 is 0. The summed E-state index contributed by atoms with van der Waals surface area (Å²) in [4.78, 5) is 27.6. The molecule has 1 aliphatic rings. The number of ketones is 1. The molecule has 4 heteroatoms. The molecule has 0 atom stereocenters. The molecule has 4 rings (SSSR count). The Balaban J connectivity index is 1.27. The van der Waals surface area contributed by atoms with Crippen molar-refractivity contribution in [2.45, 2.75) is 57.8 Å². The second kappa shape index (κ2) is 13.0. The van der Waals surface area contributed by atoms with Crippen LogP contribution in [0.1, 0.15) is 79.4 Å². The van der Waals surface area contributed by atoms with Crippen molar-refractivity contribution in [3.8, 4) is 0 Å². The van der Waals surface area contributed by atoms with Gasteiger partial charge in [-0.2, -0.15) is 0 Å². The number of nitrogens with zero attached hydrogens (tertiary/aromatic N) is 1. The fourth-order valence-corrected chi connectivity index (χ4v) is 5.68. The van der Waals surface area contributed by atoms with Gasteiger partial charge in [-0.3, -0.25) is 9.59 Å². The molecular formula is C34H41NO3. The molecule has 0 N–H and O–H groups in total. The SMILES string of the molecule is CCOC(=O)C(C)(C)c1ccc(C(=O)CCCN2CCC(C(c3ccccc3)c3ccccc3)CC2)cc1. The van der Waals surface area contributed by atoms with Gasteiger partial charge in [-0.1, -0.05) is 84.9 Å². The first-order chi connectivity index (χ1) is 18.4. The Labute approximate surface area is 228 Å². The number of carbonyl (C=O) groups is 2. The molecule has 0 amide bonds. The molecule has 38 heavy (non-hydrogen) atoms. The average molecular weight is 512 g/mol. The van der Waals surface area contributed by atoms with Gasteiger partial charge in [0.05, 0.1) is 12.0 Å². The Morgan fingerprint density at radius 2 is 1.42 bits per heavy atom. The lowest BCUT2D eigenvalue weighted by atomic mass is 9.76. The Morgan fingerprint density at radius 1 is 0.868 bits per heavy atom. The van der Waals surface area contributed by atoms with Crippen LogP contribution in [0.15, 0.2) is 84.9 Å². The minimum atomic E-state index is -0.732. The maximum Gasteiger partial charge on any atom is 0.315 e. The Hall–Kier alpha value is -3.24. The summed E-state index contributed by atoms with van der Waals surface area (Å²) in [5, 5.41) is 0. The molecule has 1 saturated heterocycles. The van der Waals surface area contributed by atoms with E-state index in [4.69, 9.17) is 4.74 Å². The number of esters is 1. The highest BCUT2D eigenvalue weighted by Crippen LogP contribution is 2.38. The highest BCUT2D eigenvalue weighted by Gasteiger charge is 2.31. The molecule has 3 aromatic carbocycles. The molecule has 200 valence electrons. The lowest BCUT2D eigenvalue weighted by molar-refractivity contribution is -0.148. The molecular weight excluding hydrogens is 470 g/mol. The van der Waals surface area contributed by atoms with Crippen molar-refractivity contribution in [2.24, 2.45) is 5.92 Å². The van der Waals surface area contributed by atoms with Crippen molar-refractivity contribution in [3.05, 3.63) is 107 Å². The van der Waals surface area contributed by atoms with Crippen LogP contribution in [0.3, 0.4) is 0 Å². The van der Waals surface area contributed by atoms with Crippen molar-refractivity contribution in [2.75, 3.05) is 26.2 Å². The number of hydrogen-bond donors (Lipinski definition) is 0. The van der Waals surface area contributed by atoms with E-state index in [1.54, 1.807) is 0 Å². The first kappa shape index (κ1) is 27.8. The average Bonchev–Trinajstić information content (AvgIpc) is 2.95. The summed E-state index contributed by atoms with van der Waals surface area (Å²) < 4.78 is 5.20. The largest absolute Gasteiger partial charge is 0.465 e. The van der Waals surface area contributed by atoms with Crippen molar-refractivity contribution in [1.29, 1.82) is 0 Å². The van der Waals surface area contributed by atoms with Crippen molar-refractivity contribution >= 4 is 11.8 Å². The molecule has 4 nitrogen and oxygen atoms in total. The molecule has 0 aliphatic carbocycles. The van der Waals surface area contributed by atoms with E-state index < -0.39 is 5.41 Å². The standard InChI is InChI=1S/C34H41NO3/c1-4-38-33(37)34(2,3)30-19-17-26(18-20-30)31(36)16-11-23-35-24-21-29(22-25-35)32(27-12-7-5-8-13-27)28-14-9-6-10-15-28/h5-10,12-15,17-20,29,32H,4,11,16,21-25H2,1-3H3. The van der Waals surface area contributed by atoms with Crippen molar-refractivity contribution in [3.63, 3.8) is 0 Å². The van der Waals surface area contributed by atoms with E-state index in [1.807, 2.05) is 45.0 Å². The van der Waals surface area contributed by atoms with Gasteiger partial charge in [0.1, 0.15) is 0 Å². The zero-order valence-corrected chi connectivity index (χ0v) is 23.1. The predicted octanol–water partition coefficient (Wildman–Crippen LogP) is 7.03. The quantitative estimate of drug-likeness (QED) is 0.205. The lowest BCUT2D eigenvalue weighted by Gasteiger charge is -2.36. The van der Waals surface area contributed by atoms with E-state index in [1.165, 1.54) is 24.0 Å². The second-order valence-electron chi connectivity index (χ2n) is 10.9. The van der Waals surface area contributed by atoms with E-state index >= 15 is 0 Å². The number of piperidine rings is 1. The maximum atomic E-state index is 12.8. The number of benzene rings is 3. The summed E-state index contributed by atoms with van der Waals surface area (Å²) in [7, 11) is 0. The number of rotatable bonds is 11. The molecule has 1 fully saturated rings. The Bertz CT molecular complexity index is 1120. The molecule has 0 unspecified atom stereocenters. The van der Waals surface area contributed by atoms with Crippen LogP contribution < -0.4 is 0 Å². The summed E-state index contributed by atoms with van der Waals surface area (Å²) in [6.45, 7) is 8.98. The third-order valence-electron chi connectivity index (χ3n) is 8.01. The second-order valence-corrected chi connectivity index (χ2v) is 10.9. The highest BCUT2D eigenvalue weighted by molar-refractivity contribution is 5.96. The molecule has 0 aromatic heterocycles. The Kier molecular flexibility index (Phi) is 9.52. The third-order valence-corrected chi connectivity index (χ3v) is 8.01. The van der Waals surface area contributed by atoms with Crippen LogP contribution in [0.4, 0.5) is 0 Å². The zero-order valence-electron chi connectivity index (χ0n) is 23.1. The minimum Gasteiger partial charge on any atom is -0.465 e. The lowest BCUT2D eigenvalue weighted by Crippen LogP contribution is -2.36. The fourth-order valence-electron chi connectivity index (χ4n) is 5.68. The number of hydrogen-bond acceptors (Lipinski definition) is 4. The predicted molar refractivity (Wildman–Crippen MR) is 154 cm³/mol. The van der Waals surface area contributed by atoms with Gasteiger partial charge in [-0.15, -0.1) is 0 Å². The smallest absolute Gasteiger partial charge is 0.315 e. The van der Waals surface area contributed by atoms with Gasteiger partial charge in [0.25, 0.3) is 0 Å². The van der Waals surface area contributed by atoms with Crippen molar-refractivity contribution < 1.29 is 14.3 Å². The van der Waals surface area contributed by atoms with E-state index in [-0.39, 0.29) is 11.8 Å². The normalized spacial score (nSPS) is 14.9. The van der Waals surface area contributed by atoms with Gasteiger partial charge < -0.3 is 9.64 Å². The van der Waals surface area contributed by atoms with E-state index in [9.17, 15) is 9.59 Å². The van der Waals surface area contributed by atoms with Gasteiger partial charge in [-0.05, 0) is 82.3 Å². The van der Waals surface area contributed by atoms with Gasteiger partial charge in [-0.25, -0.2) is 0 Å². The number of carbonyl (C=O) groups excluding carboxylic acids is 2. The van der Waals surface area contributed by atoms with Crippen LogP contribution in [0.5, 0.6) is 0 Å². The monoisotopic (exact) mass is 511 g/mol. The van der Waals surface area contributed by atoms with Gasteiger partial charge in [0, 0.05) is 17.9 Å². The van der Waals surface area contributed by atoms with Crippen LogP contribution >= 0.6 is 0 Å². The summed E-state index contributed by atoms with van der Waals surface area (Å²) in [5.74, 6) is 0.961. The fraction of sp³-hybridized carbons (Fsp3) is 0.412. The van der Waals surface area contributed by atoms with Crippen LogP contribution in [0.25, 0.3) is 0 Å². The maximum absolute atomic E-state index is 12.8. The summed E-state index contributed by atoms with van der Waals surface area (Å²) in [6, 6.07) is 29.3. The molecule has 0 radical (unpaired) electrons. The number of Topliss-reactive ketones (excluding diaryl/α,β-unsaturated/α-hetero) is 1. The van der Waals surface area contributed by atoms with Crippen LogP contribution in [-0.2, 0) is 14.9 Å². The minimum absolute atomic E-state index is 0.161. The summed E-state index contributed by atoms with van der Waals surface area (Å²) in [5.41, 5.74) is 3.64. The van der Waals surface area contributed by atoms with Crippen molar-refractivity contribution in [1.82, 2.24) is 4.90 Å². The Morgan fingerprint density at radius 3 is 1.95 bits per heavy atom. The van der Waals surface area contributed by atoms with Gasteiger partial charge in [0.15, 0.2) is 5.78 Å². The van der Waals surface area contributed by atoms with E-state index in [0.717, 1.165) is 31.6 Å². The van der Waals surface area contributed by atoms with Gasteiger partial charge >= 0.3 is 5.97 Å². The molecule has 0 saturated carbocycles. The first-order valence-corrected chi connectivity index (χ1v) is 14.0. The third kappa shape index (κ3) is 6.79. The van der Waals surface area contributed by atoms with Crippen LogP contribution in [0, 0.1) is 5.92 Å². The molecule has 3 aromatic rings. The molecule has 0 bridgehead atoms. The van der Waals surface area contributed by atoms with E-state index in [0.29, 0.717) is 30.4 Å². The molecule has 0 spiro atoms. The highest BCUT2D eigenvalue weighted by atomic mass is 16.5. The van der Waals surface area contributed by atoms with Crippen LogP contribution in [-0.4, -0.2) is 42.9 Å². The summed E-state index contributed by atoms with van der Waals surface area (Å²) in [6.07, 6.45) is 3.73. The molecule has 1 heterocycles. The number of likely N-dealkylation sites (tertiary alicyclic amines) is 1. The topological polar surface area (TPSA) is 46.6 Å². The molecule has 1 aliphatic heterocycles. The van der Waals surface area contributed by atoms with Crippen LogP contribution in [0.2, 0.25) is 0 Å².